The summed E-state index contributed by atoms with van der Waals surface area (Å²) in [4.78, 5) is 0. The number of rotatable bonds is 0. The number of aryl methyl sites for hydroxylation is 1. The van der Waals surface area contributed by atoms with Crippen molar-refractivity contribution < 1.29 is 16.7 Å². The van der Waals surface area contributed by atoms with Crippen LogP contribution in [0.1, 0.15) is 5.56 Å². The topological polar surface area (TPSA) is 20.2 Å². The number of halogens is 3. The SMILES string of the molecule is Cc1ccccc1O.[Br][Ti]([Br])[Br]. The molecule has 0 bridgehead atoms. The van der Waals surface area contributed by atoms with Gasteiger partial charge in [0.15, 0.2) is 0 Å². The first-order chi connectivity index (χ1) is 5.54. The van der Waals surface area contributed by atoms with Crippen molar-refractivity contribution in [2.24, 2.45) is 0 Å². The normalized spacial score (nSPS) is 8.33. The molecule has 0 unspecified atom stereocenters. The van der Waals surface area contributed by atoms with E-state index in [2.05, 4.69) is 39.5 Å². The van der Waals surface area contributed by atoms with Gasteiger partial charge in [-0.15, -0.1) is 0 Å². The van der Waals surface area contributed by atoms with Crippen LogP contribution in [0, 0.1) is 6.92 Å². The summed E-state index contributed by atoms with van der Waals surface area (Å²) in [6.45, 7) is 1.87. The molecule has 0 heterocycles. The van der Waals surface area contributed by atoms with E-state index in [1.54, 1.807) is 6.07 Å². The second-order valence-electron chi connectivity index (χ2n) is 2.00. The molecule has 1 aromatic rings. The second-order valence-corrected chi connectivity index (χ2v) is 25.6. The zero-order valence-corrected chi connectivity index (χ0v) is 12.7. The molecule has 0 aliphatic rings. The van der Waals surface area contributed by atoms with Crippen molar-refractivity contribution in [3.05, 3.63) is 29.8 Å². The van der Waals surface area contributed by atoms with E-state index in [4.69, 9.17) is 5.11 Å². The number of phenols is 1. The molecular weight excluding hydrogens is 388 g/mol. The second kappa shape index (κ2) is 7.57. The van der Waals surface area contributed by atoms with Gasteiger partial charge >= 0.3 is 51.1 Å². The molecule has 1 aromatic carbocycles. The zero-order valence-electron chi connectivity index (χ0n) is 6.39. The molecule has 0 fully saturated rings. The van der Waals surface area contributed by atoms with Crippen molar-refractivity contribution in [3.8, 4) is 5.75 Å². The Kier molecular flexibility index (Phi) is 8.31. The maximum atomic E-state index is 8.92. The molecule has 0 amide bonds. The summed E-state index contributed by atoms with van der Waals surface area (Å²) in [7, 11) is 0. The van der Waals surface area contributed by atoms with E-state index >= 15 is 0 Å². The maximum absolute atomic E-state index is 8.92. The van der Waals surface area contributed by atoms with Crippen LogP contribution >= 0.6 is 39.5 Å². The summed E-state index contributed by atoms with van der Waals surface area (Å²) in [6.07, 6.45) is 0. The Morgan fingerprint density at radius 1 is 1.17 bits per heavy atom. The monoisotopic (exact) mass is 393 g/mol. The van der Waals surface area contributed by atoms with Crippen LogP contribution in [0.2, 0.25) is 0 Å². The van der Waals surface area contributed by atoms with Gasteiger partial charge in [0.2, 0.25) is 0 Å². The fourth-order valence-electron chi connectivity index (χ4n) is 0.563. The average Bonchev–Trinajstić information content (AvgIpc) is 1.94. The zero-order chi connectivity index (χ0) is 9.56. The van der Waals surface area contributed by atoms with Crippen molar-refractivity contribution in [3.63, 3.8) is 0 Å². The predicted octanol–water partition coefficient (Wildman–Crippen LogP) is 4.23. The molecule has 67 valence electrons. The predicted molar refractivity (Wildman–Crippen MR) is 59.6 cm³/mol. The molecule has 0 aliphatic heterocycles. The third-order valence-corrected chi connectivity index (χ3v) is 1.12. The van der Waals surface area contributed by atoms with E-state index in [0.29, 0.717) is 5.75 Å². The third kappa shape index (κ3) is 7.80. The number of hydrogen-bond acceptors (Lipinski definition) is 1. The first kappa shape index (κ1) is 13.2. The van der Waals surface area contributed by atoms with Crippen LogP contribution in [-0.2, 0) is 11.6 Å². The van der Waals surface area contributed by atoms with Gasteiger partial charge in [-0.05, 0) is 18.6 Å². The Morgan fingerprint density at radius 3 is 1.83 bits per heavy atom. The Hall–Kier alpha value is 1.17. The summed E-state index contributed by atoms with van der Waals surface area (Å²) in [5.41, 5.74) is 0.924. The average molecular weight is 396 g/mol. The molecule has 0 aliphatic carbocycles. The molecule has 0 spiro atoms. The minimum atomic E-state index is -0.896. The quantitative estimate of drug-likeness (QED) is 0.652. The van der Waals surface area contributed by atoms with Gasteiger partial charge in [-0.1, -0.05) is 18.2 Å². The van der Waals surface area contributed by atoms with Crippen molar-refractivity contribution in [1.82, 2.24) is 0 Å². The summed E-state index contributed by atoms with van der Waals surface area (Å²) in [6, 6.07) is 7.25. The van der Waals surface area contributed by atoms with Gasteiger partial charge in [0.1, 0.15) is 5.75 Å². The number of para-hydroxylation sites is 1. The van der Waals surface area contributed by atoms with E-state index in [0.717, 1.165) is 5.56 Å². The molecule has 0 atom stereocenters. The van der Waals surface area contributed by atoms with E-state index < -0.39 is 11.6 Å². The summed E-state index contributed by atoms with van der Waals surface area (Å²) in [5.74, 6) is 0.368. The van der Waals surface area contributed by atoms with Crippen LogP contribution in [0.5, 0.6) is 5.75 Å². The van der Waals surface area contributed by atoms with E-state index in [1.165, 1.54) is 0 Å². The van der Waals surface area contributed by atoms with Crippen molar-refractivity contribution >= 4 is 39.5 Å². The molecule has 5 heteroatoms. The van der Waals surface area contributed by atoms with Crippen LogP contribution in [0.4, 0.5) is 0 Å². The molecule has 0 saturated carbocycles. The summed E-state index contributed by atoms with van der Waals surface area (Å²) >= 11 is 8.92. The molecule has 1 N–H and O–H groups in total. The fourth-order valence-corrected chi connectivity index (χ4v) is 0.563. The van der Waals surface area contributed by atoms with E-state index in [1.807, 2.05) is 25.1 Å². The molecular formula is C7H8Br3OTi. The first-order valence-corrected chi connectivity index (χ1v) is 14.7. The Bertz CT molecular complexity index is 206. The molecule has 0 aromatic heterocycles. The van der Waals surface area contributed by atoms with Crippen LogP contribution in [0.15, 0.2) is 24.3 Å². The van der Waals surface area contributed by atoms with Crippen LogP contribution < -0.4 is 0 Å². The Balaban J connectivity index is 0.000000261. The van der Waals surface area contributed by atoms with E-state index in [9.17, 15) is 0 Å². The standard InChI is InChI=1S/C7H8O.3BrH.Ti/c1-6-4-2-3-5-7(6)8;;;;/h2-5,8H,1H3;3*1H;/q;;;;+3/p-3. The fraction of sp³-hybridized carbons (Fsp3) is 0.143. The van der Waals surface area contributed by atoms with Gasteiger partial charge in [0.05, 0.1) is 0 Å². The van der Waals surface area contributed by atoms with Gasteiger partial charge in [-0.2, -0.15) is 0 Å². The van der Waals surface area contributed by atoms with Crippen LogP contribution in [0.25, 0.3) is 0 Å². The number of aromatic hydroxyl groups is 1. The number of benzene rings is 1. The third-order valence-electron chi connectivity index (χ3n) is 1.12. The van der Waals surface area contributed by atoms with Crippen molar-refractivity contribution in [2.45, 2.75) is 6.92 Å². The first-order valence-electron chi connectivity index (χ1n) is 3.12. The molecule has 0 radical (unpaired) electrons. The minimum absolute atomic E-state index is 0.368. The van der Waals surface area contributed by atoms with Gasteiger partial charge in [0.25, 0.3) is 0 Å². The van der Waals surface area contributed by atoms with Crippen LogP contribution in [0.3, 0.4) is 0 Å². The van der Waals surface area contributed by atoms with Crippen LogP contribution in [-0.4, -0.2) is 5.11 Å². The van der Waals surface area contributed by atoms with E-state index in [-0.39, 0.29) is 0 Å². The van der Waals surface area contributed by atoms with Gasteiger partial charge in [0, 0.05) is 0 Å². The van der Waals surface area contributed by atoms with Crippen molar-refractivity contribution in [2.75, 3.05) is 0 Å². The van der Waals surface area contributed by atoms with Gasteiger partial charge in [-0.3, -0.25) is 0 Å². The Labute approximate surface area is 97.5 Å². The van der Waals surface area contributed by atoms with Gasteiger partial charge < -0.3 is 5.11 Å². The molecule has 12 heavy (non-hydrogen) atoms. The summed E-state index contributed by atoms with van der Waals surface area (Å²) < 4.78 is 0. The van der Waals surface area contributed by atoms with Gasteiger partial charge in [-0.25, -0.2) is 0 Å². The number of hydrogen-bond donors (Lipinski definition) is 1. The number of phenolic OH excluding ortho intramolecular Hbond substituents is 1. The molecule has 1 rings (SSSR count). The van der Waals surface area contributed by atoms with Crippen molar-refractivity contribution in [1.29, 1.82) is 0 Å². The molecule has 1 nitrogen and oxygen atoms in total. The summed E-state index contributed by atoms with van der Waals surface area (Å²) in [5, 5.41) is 8.92. The molecule has 0 saturated heterocycles. The Morgan fingerprint density at radius 2 is 1.58 bits per heavy atom.